The van der Waals surface area contributed by atoms with Crippen LogP contribution < -0.4 is 10.6 Å². The van der Waals surface area contributed by atoms with Crippen molar-refractivity contribution in [1.29, 1.82) is 0 Å². The number of likely N-dealkylation sites (N-methyl/N-ethyl adjacent to an activating group) is 1. The van der Waals surface area contributed by atoms with Gasteiger partial charge in [-0.25, -0.2) is 9.97 Å². The van der Waals surface area contributed by atoms with Crippen molar-refractivity contribution in [2.75, 3.05) is 44.4 Å². The molecular weight excluding hydrogens is 214 g/mol. The molecule has 5 heteroatoms. The quantitative estimate of drug-likeness (QED) is 0.785. The maximum Gasteiger partial charge on any atom is 0.134 e. The van der Waals surface area contributed by atoms with Crippen molar-refractivity contribution in [1.82, 2.24) is 14.9 Å². The Morgan fingerprint density at radius 3 is 2.18 bits per heavy atom. The lowest BCUT2D eigenvalue weighted by molar-refractivity contribution is 0.425. The van der Waals surface area contributed by atoms with Crippen LogP contribution in [-0.4, -0.2) is 48.6 Å². The predicted molar refractivity (Wildman–Crippen MR) is 72.7 cm³/mol. The Labute approximate surface area is 104 Å². The number of rotatable bonds is 6. The lowest BCUT2D eigenvalue weighted by Gasteiger charge is -2.15. The predicted octanol–water partition coefficient (Wildman–Crippen LogP) is 1.50. The van der Waals surface area contributed by atoms with Gasteiger partial charge in [0.25, 0.3) is 0 Å². The molecule has 0 radical (unpaired) electrons. The van der Waals surface area contributed by atoms with E-state index < -0.39 is 0 Å². The number of hydrogen-bond acceptors (Lipinski definition) is 5. The van der Waals surface area contributed by atoms with Gasteiger partial charge in [0.2, 0.25) is 0 Å². The van der Waals surface area contributed by atoms with Gasteiger partial charge >= 0.3 is 0 Å². The van der Waals surface area contributed by atoms with E-state index in [0.717, 1.165) is 42.7 Å². The van der Waals surface area contributed by atoms with Gasteiger partial charge in [0.15, 0.2) is 0 Å². The Kier molecular flexibility index (Phi) is 5.15. The summed E-state index contributed by atoms with van der Waals surface area (Å²) in [5.74, 6) is 2.64. The first-order valence-corrected chi connectivity index (χ1v) is 6.02. The van der Waals surface area contributed by atoms with Crippen LogP contribution in [0.2, 0.25) is 0 Å². The van der Waals surface area contributed by atoms with E-state index in [1.807, 2.05) is 13.8 Å². The van der Waals surface area contributed by atoms with Gasteiger partial charge in [-0.2, -0.15) is 0 Å². The fraction of sp³-hybridized carbons (Fsp3) is 0.667. The second-order valence-corrected chi connectivity index (χ2v) is 4.35. The van der Waals surface area contributed by atoms with E-state index >= 15 is 0 Å². The van der Waals surface area contributed by atoms with Crippen LogP contribution in [0, 0.1) is 13.8 Å². The zero-order valence-corrected chi connectivity index (χ0v) is 11.5. The Morgan fingerprint density at radius 2 is 1.65 bits per heavy atom. The van der Waals surface area contributed by atoms with Gasteiger partial charge in [-0.15, -0.1) is 0 Å². The standard InChI is InChI=1S/C12H23N5/c1-6-13-11-9(2)12(16-10(3)15-11)14-7-8-17(4)5/h6-8H2,1-5H3,(H2,13,14,15,16). The third-order valence-corrected chi connectivity index (χ3v) is 2.45. The Morgan fingerprint density at radius 1 is 1.06 bits per heavy atom. The summed E-state index contributed by atoms with van der Waals surface area (Å²) in [5.41, 5.74) is 1.08. The molecule has 0 aromatic carbocycles. The molecule has 0 spiro atoms. The highest BCUT2D eigenvalue weighted by Gasteiger charge is 2.07. The topological polar surface area (TPSA) is 53.1 Å². The van der Waals surface area contributed by atoms with Crippen molar-refractivity contribution in [2.24, 2.45) is 0 Å². The van der Waals surface area contributed by atoms with E-state index in [2.05, 4.69) is 46.5 Å². The molecule has 0 saturated heterocycles. The van der Waals surface area contributed by atoms with Crippen LogP contribution in [0.3, 0.4) is 0 Å². The SMILES string of the molecule is CCNc1nc(C)nc(NCCN(C)C)c1C. The van der Waals surface area contributed by atoms with Crippen LogP contribution in [0.5, 0.6) is 0 Å². The molecule has 5 nitrogen and oxygen atoms in total. The zero-order valence-electron chi connectivity index (χ0n) is 11.5. The largest absolute Gasteiger partial charge is 0.370 e. The van der Waals surface area contributed by atoms with Gasteiger partial charge in [0.05, 0.1) is 0 Å². The Bertz CT molecular complexity index is 362. The summed E-state index contributed by atoms with van der Waals surface area (Å²) in [4.78, 5) is 11.0. The summed E-state index contributed by atoms with van der Waals surface area (Å²) in [6.45, 7) is 8.76. The van der Waals surface area contributed by atoms with E-state index in [0.29, 0.717) is 0 Å². The van der Waals surface area contributed by atoms with Crippen LogP contribution in [0.1, 0.15) is 18.3 Å². The molecule has 1 rings (SSSR count). The Hall–Kier alpha value is -1.36. The molecule has 17 heavy (non-hydrogen) atoms. The number of nitrogens with zero attached hydrogens (tertiary/aromatic N) is 3. The minimum absolute atomic E-state index is 0.791. The lowest BCUT2D eigenvalue weighted by atomic mass is 10.3. The molecule has 2 N–H and O–H groups in total. The highest BCUT2D eigenvalue weighted by molar-refractivity contribution is 5.57. The second kappa shape index (κ2) is 6.39. The maximum absolute atomic E-state index is 4.43. The summed E-state index contributed by atoms with van der Waals surface area (Å²) in [6, 6.07) is 0. The molecule has 0 amide bonds. The summed E-state index contributed by atoms with van der Waals surface area (Å²) in [5, 5.41) is 6.61. The van der Waals surface area contributed by atoms with Gasteiger partial charge in [-0.3, -0.25) is 0 Å². The lowest BCUT2D eigenvalue weighted by Crippen LogP contribution is -2.22. The molecule has 0 aliphatic carbocycles. The molecular formula is C12H23N5. The van der Waals surface area contributed by atoms with Crippen molar-refractivity contribution in [3.05, 3.63) is 11.4 Å². The number of hydrogen-bond donors (Lipinski definition) is 2. The summed E-state index contributed by atoms with van der Waals surface area (Å²) < 4.78 is 0. The fourth-order valence-electron chi connectivity index (χ4n) is 1.54. The second-order valence-electron chi connectivity index (χ2n) is 4.35. The molecule has 1 heterocycles. The molecule has 0 bridgehead atoms. The van der Waals surface area contributed by atoms with Gasteiger partial charge in [-0.1, -0.05) is 0 Å². The molecule has 0 unspecified atom stereocenters. The van der Waals surface area contributed by atoms with Crippen LogP contribution in [0.4, 0.5) is 11.6 Å². The normalized spacial score (nSPS) is 10.7. The van der Waals surface area contributed by atoms with Crippen molar-refractivity contribution < 1.29 is 0 Å². The van der Waals surface area contributed by atoms with Gasteiger partial charge < -0.3 is 15.5 Å². The van der Waals surface area contributed by atoms with E-state index in [1.54, 1.807) is 0 Å². The van der Waals surface area contributed by atoms with Crippen molar-refractivity contribution in [3.8, 4) is 0 Å². The average Bonchev–Trinajstić information content (AvgIpc) is 2.24. The van der Waals surface area contributed by atoms with Crippen LogP contribution in [0.25, 0.3) is 0 Å². The number of aryl methyl sites for hydroxylation is 1. The first-order valence-electron chi connectivity index (χ1n) is 6.02. The first-order chi connectivity index (χ1) is 8.04. The average molecular weight is 237 g/mol. The van der Waals surface area contributed by atoms with E-state index in [4.69, 9.17) is 0 Å². The molecule has 96 valence electrons. The fourth-order valence-corrected chi connectivity index (χ4v) is 1.54. The molecule has 1 aromatic heterocycles. The maximum atomic E-state index is 4.43. The molecule has 0 aliphatic heterocycles. The summed E-state index contributed by atoms with van der Waals surface area (Å²) in [6.07, 6.45) is 0. The molecule has 0 aliphatic rings. The van der Waals surface area contributed by atoms with Crippen molar-refractivity contribution >= 4 is 11.6 Å². The molecule has 0 saturated carbocycles. The minimum atomic E-state index is 0.791. The zero-order chi connectivity index (χ0) is 12.8. The van der Waals surface area contributed by atoms with Gasteiger partial charge in [0.1, 0.15) is 17.5 Å². The van der Waals surface area contributed by atoms with E-state index in [-0.39, 0.29) is 0 Å². The van der Waals surface area contributed by atoms with Crippen LogP contribution in [-0.2, 0) is 0 Å². The third-order valence-electron chi connectivity index (χ3n) is 2.45. The molecule has 1 aromatic rings. The number of nitrogens with one attached hydrogen (secondary N) is 2. The summed E-state index contributed by atoms with van der Waals surface area (Å²) >= 11 is 0. The highest BCUT2D eigenvalue weighted by atomic mass is 15.1. The monoisotopic (exact) mass is 237 g/mol. The third kappa shape index (κ3) is 4.19. The van der Waals surface area contributed by atoms with E-state index in [1.165, 1.54) is 0 Å². The molecule has 0 atom stereocenters. The van der Waals surface area contributed by atoms with Gasteiger partial charge in [-0.05, 0) is 34.9 Å². The van der Waals surface area contributed by atoms with Gasteiger partial charge in [0, 0.05) is 25.2 Å². The Balaban J connectivity index is 2.76. The molecule has 0 fully saturated rings. The van der Waals surface area contributed by atoms with E-state index in [9.17, 15) is 0 Å². The first kappa shape index (κ1) is 13.7. The minimum Gasteiger partial charge on any atom is -0.370 e. The van der Waals surface area contributed by atoms with Crippen LogP contribution >= 0.6 is 0 Å². The van der Waals surface area contributed by atoms with Crippen molar-refractivity contribution in [2.45, 2.75) is 20.8 Å². The highest BCUT2D eigenvalue weighted by Crippen LogP contribution is 2.19. The summed E-state index contributed by atoms with van der Waals surface area (Å²) in [7, 11) is 4.12. The number of anilines is 2. The number of aromatic nitrogens is 2. The smallest absolute Gasteiger partial charge is 0.134 e. The van der Waals surface area contributed by atoms with Crippen LogP contribution in [0.15, 0.2) is 0 Å². The van der Waals surface area contributed by atoms with Crippen molar-refractivity contribution in [3.63, 3.8) is 0 Å².